The molecule has 1 N–H and O–H groups in total. The number of nitrogens with zero attached hydrogens (tertiary/aromatic N) is 11. The molecule has 0 unspecified atom stereocenters. The molecule has 3 fully saturated rings. The fraction of sp³-hybridized carbons (Fsp3) is 0.450. The van der Waals surface area contributed by atoms with Gasteiger partial charge in [0.2, 0.25) is 11.6 Å². The molecule has 0 atom stereocenters. The first-order valence-electron chi connectivity index (χ1n) is 36.3. The summed E-state index contributed by atoms with van der Waals surface area (Å²) in [7, 11) is -2.49. The molecule has 29 heteroatoms. The Morgan fingerprint density at radius 2 is 0.789 bits per heavy atom. The number of nitrogens with one attached hydrogen (secondary N) is 1. The zero-order valence-corrected chi connectivity index (χ0v) is 64.9. The lowest BCUT2D eigenvalue weighted by molar-refractivity contribution is -0.193. The van der Waals surface area contributed by atoms with Crippen molar-refractivity contribution in [3.05, 3.63) is 162 Å². The van der Waals surface area contributed by atoms with Crippen molar-refractivity contribution < 1.29 is 69.0 Å². The fourth-order valence-electron chi connectivity index (χ4n) is 12.7. The minimum absolute atomic E-state index is 0.0267. The van der Waals surface area contributed by atoms with Gasteiger partial charge in [0, 0.05) is 116 Å². The van der Waals surface area contributed by atoms with Crippen LogP contribution < -0.4 is 0 Å². The number of halogens is 7. The summed E-state index contributed by atoms with van der Waals surface area (Å²) < 4.78 is 105. The van der Waals surface area contributed by atoms with Crippen LogP contribution in [0.3, 0.4) is 0 Å². The molecule has 6 heterocycles. The van der Waals surface area contributed by atoms with Crippen LogP contribution in [0.25, 0.3) is 67.5 Å². The number of benzene rings is 3. The second-order valence-corrected chi connectivity index (χ2v) is 41.2. The molecule has 3 aliphatic rings. The maximum atomic E-state index is 13.3. The van der Waals surface area contributed by atoms with Crippen LogP contribution in [0.5, 0.6) is 0 Å². The molecule has 0 bridgehead atoms. The van der Waals surface area contributed by atoms with Crippen molar-refractivity contribution in [3.8, 4) is 79.4 Å². The first kappa shape index (κ1) is 86.3. The number of aromatic nitrogens is 12. The van der Waals surface area contributed by atoms with Gasteiger partial charge in [-0.05, 0) is 109 Å². The average Bonchev–Trinajstić information content (AvgIpc) is 1.71. The van der Waals surface area contributed by atoms with Crippen molar-refractivity contribution in [2.45, 2.75) is 193 Å². The average molecular weight is 1540 g/mol. The first-order chi connectivity index (χ1) is 52.0. The van der Waals surface area contributed by atoms with E-state index in [1.807, 2.05) is 60.1 Å². The predicted molar refractivity (Wildman–Crippen MR) is 400 cm³/mol. The third-order valence-electron chi connectivity index (χ3n) is 19.1. The number of alkyl halides is 7. The van der Waals surface area contributed by atoms with Crippen LogP contribution in [-0.4, -0.2) is 114 Å². The van der Waals surface area contributed by atoms with Crippen molar-refractivity contribution in [1.82, 2.24) is 59.7 Å². The van der Waals surface area contributed by atoms with Crippen LogP contribution in [0.4, 0.5) is 30.7 Å². The minimum atomic E-state index is -4.62. The fourth-order valence-corrected chi connectivity index (χ4v) is 14.2. The van der Waals surface area contributed by atoms with E-state index in [1.165, 1.54) is 87.4 Å². The summed E-state index contributed by atoms with van der Waals surface area (Å²) in [4.78, 5) is 74.8. The first-order valence-corrected chi connectivity index (χ1v) is 43.7. The van der Waals surface area contributed by atoms with E-state index in [9.17, 15) is 30.7 Å². The standard InChI is InChI=1S/C29H37FN4OSi.C27H35F3N4OSi.C21H21F3N4.3CO2/c1-22-7-9-24(10-8-22)27-16-15-26(20-31-27)23-11-13-25(14-12-23)29-32-28(6-5-17-30)34(33-29)21-35-18-19-36(2,3)4;1-19-5-7-21(8-6-19)24-14-13-23(17-31-24)20-9-11-22(12-10-20)25-32-26(27(28,29)30)33-34(25)18-35-15-16-36(2,3)4;1-13-2-4-15(5-3-13)18-11-10-17(12-25-18)14-6-8-16(9-7-14)19-26-20(28-27-19)21(22,23)24;3*2-1-3/h11-16,20,22,24H,7-10,17-19,21H2,1-4H3;9-14,17,19,21H,5-8,15-16,18H2,1-4H3;6-13,15H,2-5H2,1H3,(H,26,27,28);;;. The maximum absolute atomic E-state index is 13.3. The van der Waals surface area contributed by atoms with Gasteiger partial charge in [-0.15, -0.1) is 10.2 Å². The Balaban J connectivity index is 0.000000217. The van der Waals surface area contributed by atoms with E-state index in [0.29, 0.717) is 53.7 Å². The quantitative estimate of drug-likeness (QED) is 0.0341. The molecule has 20 nitrogen and oxygen atoms in total. The topological polar surface area (TPSA) is 263 Å². The second-order valence-electron chi connectivity index (χ2n) is 29.9. The monoisotopic (exact) mass is 1540 g/mol. The molecule has 6 aromatic heterocycles. The van der Waals surface area contributed by atoms with Crippen molar-refractivity contribution >= 4 is 34.6 Å². The van der Waals surface area contributed by atoms with Crippen molar-refractivity contribution in [2.24, 2.45) is 17.8 Å². The zero-order valence-electron chi connectivity index (χ0n) is 62.9. The Morgan fingerprint density at radius 3 is 1.12 bits per heavy atom. The van der Waals surface area contributed by atoms with Gasteiger partial charge in [0.05, 0.1) is 0 Å². The van der Waals surface area contributed by atoms with Crippen LogP contribution in [0.15, 0.2) is 128 Å². The lowest BCUT2D eigenvalue weighted by atomic mass is 9.81. The van der Waals surface area contributed by atoms with E-state index in [2.05, 4.69) is 156 Å². The number of carbonyl (C=O) groups excluding carboxylic acids is 6. The lowest BCUT2D eigenvalue weighted by Crippen LogP contribution is -2.22. The number of aromatic amines is 1. The van der Waals surface area contributed by atoms with E-state index in [1.54, 1.807) is 28.9 Å². The highest BCUT2D eigenvalue weighted by molar-refractivity contribution is 6.76. The molecule has 109 heavy (non-hydrogen) atoms. The Bertz CT molecular complexity index is 4390. The SMILES string of the molecule is CC1CCC(c2ccc(-c3ccc(-c4n[nH]c(C(F)(F)F)n4)cc3)cn2)CC1.CC1CCC(c2ccc(-c3ccc(-c4nc(C#CCF)n(COCC[Si](C)(C)C)n4)cc3)cn2)CC1.CC1CCC(c2ccc(-c3ccc(-c4nc(C(F)(F)F)nn4COCC[Si](C)(C)C)cc3)cn2)CC1.O=C=O.O=C=O.O=C=O. The van der Waals surface area contributed by atoms with Crippen molar-refractivity contribution in [2.75, 3.05) is 19.9 Å². The van der Waals surface area contributed by atoms with Crippen molar-refractivity contribution in [1.29, 1.82) is 0 Å². The lowest BCUT2D eigenvalue weighted by Gasteiger charge is -2.25. The highest BCUT2D eigenvalue weighted by Crippen LogP contribution is 2.39. The number of ether oxygens (including phenoxy) is 2. The molecule has 3 saturated carbocycles. The largest absolute Gasteiger partial charge is 0.453 e. The van der Waals surface area contributed by atoms with Crippen LogP contribution in [0, 0.1) is 29.6 Å². The summed E-state index contributed by atoms with van der Waals surface area (Å²) in [6, 6.07) is 37.2. The van der Waals surface area contributed by atoms with Gasteiger partial charge < -0.3 is 9.47 Å². The highest BCUT2D eigenvalue weighted by atomic mass is 28.3. The van der Waals surface area contributed by atoms with Gasteiger partial charge in [0.1, 0.15) is 13.5 Å². The smallest absolute Gasteiger partial charge is 0.359 e. The van der Waals surface area contributed by atoms with Crippen molar-refractivity contribution in [3.63, 3.8) is 0 Å². The molecule has 0 radical (unpaired) electrons. The molecule has 12 rings (SSSR count). The molecule has 3 aromatic carbocycles. The number of rotatable bonds is 19. The van der Waals surface area contributed by atoms with E-state index in [0.717, 1.165) is 80.2 Å². The Hall–Kier alpha value is -9.91. The van der Waals surface area contributed by atoms with Gasteiger partial charge in [-0.1, -0.05) is 195 Å². The summed E-state index contributed by atoms with van der Waals surface area (Å²) in [6.07, 6.45) is 12.2. The van der Waals surface area contributed by atoms with Gasteiger partial charge in [-0.25, -0.2) is 23.7 Å². The highest BCUT2D eigenvalue weighted by Gasteiger charge is 2.38. The van der Waals surface area contributed by atoms with Crippen LogP contribution in [0.1, 0.15) is 150 Å². The summed E-state index contributed by atoms with van der Waals surface area (Å²) in [5, 5.41) is 13.9. The van der Waals surface area contributed by atoms with Gasteiger partial charge in [0.25, 0.3) is 5.82 Å². The van der Waals surface area contributed by atoms with Gasteiger partial charge in [-0.2, -0.15) is 65.2 Å². The van der Waals surface area contributed by atoms with Crippen LogP contribution in [-0.2, 0) is 64.1 Å². The summed E-state index contributed by atoms with van der Waals surface area (Å²) in [5.41, 5.74) is 11.5. The molecular weight excluding hydrogens is 1450 g/mol. The third-order valence-corrected chi connectivity index (χ3v) is 22.5. The van der Waals surface area contributed by atoms with E-state index in [-0.39, 0.29) is 43.6 Å². The van der Waals surface area contributed by atoms with Gasteiger partial charge >= 0.3 is 30.8 Å². The zero-order chi connectivity index (χ0) is 79.3. The Labute approximate surface area is 632 Å². The number of pyridine rings is 3. The van der Waals surface area contributed by atoms with Crippen LogP contribution in [0.2, 0.25) is 51.4 Å². The summed E-state index contributed by atoms with van der Waals surface area (Å²) in [5.74, 6) is 8.21. The third kappa shape index (κ3) is 27.6. The summed E-state index contributed by atoms with van der Waals surface area (Å²) in [6.45, 7) is 21.2. The van der Waals surface area contributed by atoms with E-state index < -0.39 is 46.8 Å². The Morgan fingerprint density at radius 1 is 0.440 bits per heavy atom. The molecule has 0 spiro atoms. The molecule has 0 saturated heterocycles. The number of hydrogen-bond donors (Lipinski definition) is 1. The van der Waals surface area contributed by atoms with E-state index in [4.69, 9.17) is 48.2 Å². The predicted octanol–water partition coefficient (Wildman–Crippen LogP) is 18.7. The van der Waals surface area contributed by atoms with Gasteiger partial charge in [-0.3, -0.25) is 20.1 Å². The van der Waals surface area contributed by atoms with E-state index >= 15 is 0 Å². The molecule has 9 aromatic rings. The molecule has 578 valence electrons. The molecular formula is C80H93F7N12O8Si2. The molecule has 0 amide bonds. The minimum Gasteiger partial charge on any atom is -0.359 e. The summed E-state index contributed by atoms with van der Waals surface area (Å²) >= 11 is 0. The van der Waals surface area contributed by atoms with Crippen LogP contribution >= 0.6 is 0 Å². The second kappa shape index (κ2) is 41.6. The normalized spacial score (nSPS) is 17.7. The van der Waals surface area contributed by atoms with Gasteiger partial charge in [0.15, 0.2) is 24.1 Å². The Kier molecular flexibility index (Phi) is 32.9. The molecule has 3 aliphatic carbocycles. The molecule has 0 aliphatic heterocycles. The number of H-pyrrole nitrogens is 1. The maximum Gasteiger partial charge on any atom is 0.453 e. The number of hydrogen-bond acceptors (Lipinski definition) is 17.